The van der Waals surface area contributed by atoms with Crippen LogP contribution in [0.5, 0.6) is 0 Å². The van der Waals surface area contributed by atoms with E-state index in [1.807, 2.05) is 18.3 Å². The normalized spacial score (nSPS) is 13.5. The molecule has 2 aromatic rings. The molecule has 0 aliphatic rings. The van der Waals surface area contributed by atoms with Crippen molar-refractivity contribution in [3.63, 3.8) is 0 Å². The molecule has 2 rings (SSSR count). The topological polar surface area (TPSA) is 42.2 Å². The number of fused-ring (bicyclic) bond motifs is 1. The number of nitrogen functional groups attached to an aromatic ring is 1. The van der Waals surface area contributed by atoms with Gasteiger partial charge in [-0.25, -0.2) is 0 Å². The molecule has 3 heteroatoms. The molecule has 0 spiro atoms. The Hall–Kier alpha value is -1.77. The largest absolute Gasteiger partial charge is 0.399 e. The Morgan fingerprint density at radius 3 is 2.53 bits per heavy atom. The van der Waals surface area contributed by atoms with Crippen LogP contribution in [0.1, 0.15) is 27.7 Å². The van der Waals surface area contributed by atoms with E-state index in [2.05, 4.69) is 56.8 Å². The third-order valence-corrected chi connectivity index (χ3v) is 3.96. The summed E-state index contributed by atoms with van der Waals surface area (Å²) in [6, 6.07) is 8.41. The minimum Gasteiger partial charge on any atom is -0.399 e. The van der Waals surface area contributed by atoms with Crippen molar-refractivity contribution in [2.24, 2.45) is 5.41 Å². The second kappa shape index (κ2) is 4.72. The third-order valence-electron chi connectivity index (χ3n) is 3.96. The van der Waals surface area contributed by atoms with Crippen LogP contribution >= 0.6 is 0 Å². The summed E-state index contributed by atoms with van der Waals surface area (Å²) < 4.78 is 0. The highest BCUT2D eigenvalue weighted by molar-refractivity contribution is 5.93. The van der Waals surface area contributed by atoms with Crippen LogP contribution in [0.15, 0.2) is 30.5 Å². The maximum absolute atomic E-state index is 5.83. The minimum absolute atomic E-state index is 0.220. The molecule has 0 aliphatic heterocycles. The Morgan fingerprint density at radius 1 is 1.21 bits per heavy atom. The molecule has 0 saturated carbocycles. The highest BCUT2D eigenvalue weighted by Crippen LogP contribution is 2.31. The third kappa shape index (κ3) is 2.65. The lowest BCUT2D eigenvalue weighted by atomic mass is 9.87. The number of rotatable bonds is 2. The summed E-state index contributed by atoms with van der Waals surface area (Å²) in [5.74, 6) is 0. The lowest BCUT2D eigenvalue weighted by molar-refractivity contribution is 0.330. The summed E-state index contributed by atoms with van der Waals surface area (Å²) in [5.41, 5.74) is 8.95. The molecular weight excluding hydrogens is 234 g/mol. The second-order valence-corrected chi connectivity index (χ2v) is 6.26. The number of benzene rings is 1. The van der Waals surface area contributed by atoms with Crippen LogP contribution in [-0.4, -0.2) is 18.1 Å². The molecule has 0 bridgehead atoms. The summed E-state index contributed by atoms with van der Waals surface area (Å²) >= 11 is 0. The molecule has 0 radical (unpaired) electrons. The summed E-state index contributed by atoms with van der Waals surface area (Å²) in [5, 5.41) is 1.15. The molecule has 102 valence electrons. The van der Waals surface area contributed by atoms with Crippen molar-refractivity contribution in [2.45, 2.75) is 33.7 Å². The first-order chi connectivity index (χ1) is 8.80. The van der Waals surface area contributed by atoms with E-state index in [1.165, 1.54) is 5.69 Å². The molecule has 3 nitrogen and oxygen atoms in total. The Morgan fingerprint density at radius 2 is 1.89 bits per heavy atom. The van der Waals surface area contributed by atoms with Crippen LogP contribution in [0.3, 0.4) is 0 Å². The van der Waals surface area contributed by atoms with Gasteiger partial charge >= 0.3 is 0 Å². The van der Waals surface area contributed by atoms with E-state index >= 15 is 0 Å². The molecule has 19 heavy (non-hydrogen) atoms. The fourth-order valence-electron chi connectivity index (χ4n) is 2.25. The molecule has 0 amide bonds. The summed E-state index contributed by atoms with van der Waals surface area (Å²) in [4.78, 5) is 6.72. The van der Waals surface area contributed by atoms with Crippen molar-refractivity contribution >= 4 is 22.3 Å². The van der Waals surface area contributed by atoms with E-state index in [0.717, 1.165) is 16.6 Å². The Labute approximate surface area is 115 Å². The van der Waals surface area contributed by atoms with Gasteiger partial charge in [0.15, 0.2) is 0 Å². The van der Waals surface area contributed by atoms with Crippen molar-refractivity contribution in [1.82, 2.24) is 4.98 Å². The number of nitrogens with zero attached hydrogens (tertiary/aromatic N) is 2. The van der Waals surface area contributed by atoms with Crippen LogP contribution < -0.4 is 10.6 Å². The molecule has 1 atom stereocenters. The quantitative estimate of drug-likeness (QED) is 0.834. The van der Waals surface area contributed by atoms with E-state index in [0.29, 0.717) is 6.04 Å². The molecule has 1 aromatic carbocycles. The van der Waals surface area contributed by atoms with E-state index in [4.69, 9.17) is 5.73 Å². The maximum atomic E-state index is 5.83. The van der Waals surface area contributed by atoms with Gasteiger partial charge in [-0.15, -0.1) is 0 Å². The second-order valence-electron chi connectivity index (χ2n) is 6.26. The highest BCUT2D eigenvalue weighted by atomic mass is 15.1. The van der Waals surface area contributed by atoms with Crippen molar-refractivity contribution in [3.05, 3.63) is 30.5 Å². The lowest BCUT2D eigenvalue weighted by Crippen LogP contribution is -2.39. The van der Waals surface area contributed by atoms with E-state index in [-0.39, 0.29) is 5.41 Å². The SMILES string of the molecule is CC(N(C)c1ccnc2cc(N)ccc12)C(C)(C)C. The number of hydrogen-bond donors (Lipinski definition) is 1. The van der Waals surface area contributed by atoms with Gasteiger partial charge in [-0.3, -0.25) is 4.98 Å². The van der Waals surface area contributed by atoms with Gasteiger partial charge in [0, 0.05) is 36.0 Å². The Balaban J connectivity index is 2.51. The summed E-state index contributed by atoms with van der Waals surface area (Å²) in [6.45, 7) is 9.03. The number of anilines is 2. The smallest absolute Gasteiger partial charge is 0.0743 e. The van der Waals surface area contributed by atoms with Gasteiger partial charge < -0.3 is 10.6 Å². The van der Waals surface area contributed by atoms with E-state index < -0.39 is 0 Å². The predicted octanol–water partition coefficient (Wildman–Crippen LogP) is 3.69. The Bertz CT molecular complexity index is 584. The summed E-state index contributed by atoms with van der Waals surface area (Å²) in [6.07, 6.45) is 1.85. The first-order valence-corrected chi connectivity index (χ1v) is 6.68. The first kappa shape index (κ1) is 13.7. The van der Waals surface area contributed by atoms with Gasteiger partial charge in [0.2, 0.25) is 0 Å². The van der Waals surface area contributed by atoms with Crippen molar-refractivity contribution < 1.29 is 0 Å². The van der Waals surface area contributed by atoms with Crippen LogP contribution in [0.2, 0.25) is 0 Å². The zero-order valence-corrected chi connectivity index (χ0v) is 12.4. The fourth-order valence-corrected chi connectivity index (χ4v) is 2.25. The summed E-state index contributed by atoms with van der Waals surface area (Å²) in [7, 11) is 2.14. The molecule has 0 saturated heterocycles. The molecule has 1 heterocycles. The zero-order chi connectivity index (χ0) is 14.2. The van der Waals surface area contributed by atoms with Gasteiger partial charge in [0.05, 0.1) is 5.52 Å². The number of nitrogens with two attached hydrogens (primary N) is 1. The first-order valence-electron chi connectivity index (χ1n) is 6.68. The van der Waals surface area contributed by atoms with Gasteiger partial charge in [-0.05, 0) is 36.6 Å². The van der Waals surface area contributed by atoms with Gasteiger partial charge in [-0.1, -0.05) is 20.8 Å². The highest BCUT2D eigenvalue weighted by Gasteiger charge is 2.25. The number of aromatic nitrogens is 1. The standard InChI is InChI=1S/C16H23N3/c1-11(16(2,3)4)19(5)15-8-9-18-14-10-12(17)6-7-13(14)15/h6-11H,17H2,1-5H3. The molecule has 0 aliphatic carbocycles. The fraction of sp³-hybridized carbons (Fsp3) is 0.438. The van der Waals surface area contributed by atoms with Crippen molar-refractivity contribution in [3.8, 4) is 0 Å². The number of pyridine rings is 1. The van der Waals surface area contributed by atoms with Crippen LogP contribution in [0.25, 0.3) is 10.9 Å². The van der Waals surface area contributed by atoms with E-state index in [9.17, 15) is 0 Å². The predicted molar refractivity (Wildman–Crippen MR) is 83.5 cm³/mol. The minimum atomic E-state index is 0.220. The molecule has 1 unspecified atom stereocenters. The lowest BCUT2D eigenvalue weighted by Gasteiger charge is -2.37. The Kier molecular flexibility index (Phi) is 3.40. The average molecular weight is 257 g/mol. The van der Waals surface area contributed by atoms with Crippen LogP contribution in [0.4, 0.5) is 11.4 Å². The van der Waals surface area contributed by atoms with Crippen LogP contribution in [0, 0.1) is 5.41 Å². The van der Waals surface area contributed by atoms with Gasteiger partial charge in [0.1, 0.15) is 0 Å². The van der Waals surface area contributed by atoms with Crippen molar-refractivity contribution in [2.75, 3.05) is 17.7 Å². The monoisotopic (exact) mass is 257 g/mol. The molecule has 0 fully saturated rings. The number of hydrogen-bond acceptors (Lipinski definition) is 3. The van der Waals surface area contributed by atoms with E-state index in [1.54, 1.807) is 0 Å². The van der Waals surface area contributed by atoms with Gasteiger partial charge in [-0.2, -0.15) is 0 Å². The van der Waals surface area contributed by atoms with Gasteiger partial charge in [0.25, 0.3) is 0 Å². The van der Waals surface area contributed by atoms with Crippen molar-refractivity contribution in [1.29, 1.82) is 0 Å². The average Bonchev–Trinajstić information content (AvgIpc) is 2.34. The maximum Gasteiger partial charge on any atom is 0.0743 e. The molecular formula is C16H23N3. The molecule has 2 N–H and O–H groups in total. The van der Waals surface area contributed by atoms with Crippen LogP contribution in [-0.2, 0) is 0 Å². The zero-order valence-electron chi connectivity index (χ0n) is 12.4. The molecule has 1 aromatic heterocycles.